The maximum Gasteiger partial charge on any atom is 0.359 e. The minimum absolute atomic E-state index is 0.0900. The number of nitrogens with zero attached hydrogens (tertiary/aromatic N) is 2. The molecule has 0 aliphatic heterocycles. The van der Waals surface area contributed by atoms with E-state index in [1.807, 2.05) is 0 Å². The topological polar surface area (TPSA) is 133 Å². The molecular weight excluding hydrogens is 360 g/mol. The van der Waals surface area contributed by atoms with Gasteiger partial charge in [-0.3, -0.25) is 14.4 Å². The summed E-state index contributed by atoms with van der Waals surface area (Å²) in [6.45, 7) is -0.551. The highest BCUT2D eigenvalue weighted by atomic mass is 32.1. The summed E-state index contributed by atoms with van der Waals surface area (Å²) < 4.78 is 5.88. The zero-order chi connectivity index (χ0) is 18.8. The van der Waals surface area contributed by atoms with E-state index in [2.05, 4.69) is 10.4 Å². The van der Waals surface area contributed by atoms with E-state index < -0.39 is 24.4 Å². The number of amides is 2. The van der Waals surface area contributed by atoms with Crippen LogP contribution in [0.5, 0.6) is 0 Å². The number of anilines is 1. The molecule has 10 heteroatoms. The SMILES string of the molecule is Cn1nc(C(=O)OCC(=O)Nc2sc3c(c2C(N)=O)CCC3)ccc1=O. The summed E-state index contributed by atoms with van der Waals surface area (Å²) in [7, 11) is 1.40. The molecule has 0 saturated carbocycles. The zero-order valence-corrected chi connectivity index (χ0v) is 14.7. The number of ether oxygens (including phenoxy) is 1. The number of aromatic nitrogens is 2. The third-order valence-electron chi connectivity index (χ3n) is 3.92. The first-order valence-electron chi connectivity index (χ1n) is 7.82. The molecule has 0 spiro atoms. The predicted octanol–water partition coefficient (Wildman–Crippen LogP) is 0.225. The number of carbonyl (C=O) groups excluding carboxylic acids is 3. The van der Waals surface area contributed by atoms with Gasteiger partial charge in [-0.05, 0) is 30.9 Å². The third kappa shape index (κ3) is 3.49. The van der Waals surface area contributed by atoms with Crippen LogP contribution in [0.15, 0.2) is 16.9 Å². The standard InChI is InChI=1S/C16H16N4O5S/c1-20-12(22)6-5-9(19-20)16(24)25-7-11(21)18-15-13(14(17)23)8-3-2-4-10(8)26-15/h5-6H,2-4,7H2,1H3,(H2,17,23)(H,18,21). The highest BCUT2D eigenvalue weighted by Crippen LogP contribution is 2.38. The number of hydrogen-bond donors (Lipinski definition) is 2. The number of aryl methyl sites for hydroxylation is 2. The fraction of sp³-hybridized carbons (Fsp3) is 0.312. The number of primary amides is 1. The summed E-state index contributed by atoms with van der Waals surface area (Å²) in [5, 5.41) is 6.70. The van der Waals surface area contributed by atoms with Gasteiger partial charge in [0.05, 0.1) is 5.56 Å². The van der Waals surface area contributed by atoms with Crippen molar-refractivity contribution in [2.75, 3.05) is 11.9 Å². The van der Waals surface area contributed by atoms with Crippen molar-refractivity contribution in [3.05, 3.63) is 44.2 Å². The molecule has 0 fully saturated rings. The van der Waals surface area contributed by atoms with Gasteiger partial charge in [0, 0.05) is 18.0 Å². The molecule has 1 aliphatic rings. The minimum atomic E-state index is -0.834. The number of nitrogens with two attached hydrogens (primary N) is 1. The molecule has 0 aromatic carbocycles. The quantitative estimate of drug-likeness (QED) is 0.717. The molecule has 136 valence electrons. The van der Waals surface area contributed by atoms with E-state index in [1.165, 1.54) is 30.5 Å². The lowest BCUT2D eigenvalue weighted by Crippen LogP contribution is -2.25. The van der Waals surface area contributed by atoms with Crippen LogP contribution in [0.25, 0.3) is 0 Å². The Morgan fingerprint density at radius 3 is 2.81 bits per heavy atom. The van der Waals surface area contributed by atoms with Crippen LogP contribution in [0.4, 0.5) is 5.00 Å². The lowest BCUT2D eigenvalue weighted by atomic mass is 10.1. The molecule has 0 unspecified atom stereocenters. The Kier molecular flexibility index (Phi) is 4.85. The van der Waals surface area contributed by atoms with Crippen molar-refractivity contribution in [2.45, 2.75) is 19.3 Å². The van der Waals surface area contributed by atoms with E-state index in [1.54, 1.807) is 0 Å². The molecule has 2 amide bonds. The summed E-state index contributed by atoms with van der Waals surface area (Å²) >= 11 is 1.32. The molecule has 0 atom stereocenters. The monoisotopic (exact) mass is 376 g/mol. The van der Waals surface area contributed by atoms with Crippen LogP contribution >= 0.6 is 11.3 Å². The van der Waals surface area contributed by atoms with Crippen LogP contribution in [-0.2, 0) is 29.4 Å². The van der Waals surface area contributed by atoms with Gasteiger partial charge in [0.25, 0.3) is 17.4 Å². The first-order valence-corrected chi connectivity index (χ1v) is 8.64. The van der Waals surface area contributed by atoms with E-state index in [9.17, 15) is 19.2 Å². The van der Waals surface area contributed by atoms with Gasteiger partial charge >= 0.3 is 5.97 Å². The van der Waals surface area contributed by atoms with Gasteiger partial charge in [0.1, 0.15) is 5.00 Å². The molecule has 0 bridgehead atoms. The summed E-state index contributed by atoms with van der Waals surface area (Å²) in [6.07, 6.45) is 2.57. The molecule has 9 nitrogen and oxygen atoms in total. The number of hydrogen-bond acceptors (Lipinski definition) is 7. The van der Waals surface area contributed by atoms with Crippen molar-refractivity contribution in [3.8, 4) is 0 Å². The Labute approximate surface area is 151 Å². The van der Waals surface area contributed by atoms with Crippen molar-refractivity contribution in [2.24, 2.45) is 12.8 Å². The largest absolute Gasteiger partial charge is 0.451 e. The molecule has 26 heavy (non-hydrogen) atoms. The number of fused-ring (bicyclic) bond motifs is 1. The van der Waals surface area contributed by atoms with Crippen molar-refractivity contribution in [1.82, 2.24) is 9.78 Å². The van der Waals surface area contributed by atoms with E-state index >= 15 is 0 Å². The van der Waals surface area contributed by atoms with E-state index in [0.29, 0.717) is 10.6 Å². The third-order valence-corrected chi connectivity index (χ3v) is 5.13. The van der Waals surface area contributed by atoms with E-state index in [-0.39, 0.29) is 11.3 Å². The summed E-state index contributed by atoms with van der Waals surface area (Å²) in [5.74, 6) is -2.02. The zero-order valence-electron chi connectivity index (χ0n) is 13.9. The fourth-order valence-electron chi connectivity index (χ4n) is 2.73. The Balaban J connectivity index is 1.64. The smallest absolute Gasteiger partial charge is 0.359 e. The van der Waals surface area contributed by atoms with Crippen molar-refractivity contribution in [3.63, 3.8) is 0 Å². The summed E-state index contributed by atoms with van der Waals surface area (Å²) in [4.78, 5) is 48.0. The second kappa shape index (κ2) is 7.08. The highest BCUT2D eigenvalue weighted by molar-refractivity contribution is 7.17. The summed E-state index contributed by atoms with van der Waals surface area (Å²) in [6, 6.07) is 2.40. The van der Waals surface area contributed by atoms with Crippen LogP contribution in [0.3, 0.4) is 0 Å². The number of rotatable bonds is 5. The van der Waals surface area contributed by atoms with Gasteiger partial charge in [-0.15, -0.1) is 11.3 Å². The Hall–Kier alpha value is -3.01. The molecule has 2 aromatic heterocycles. The first-order chi connectivity index (χ1) is 12.4. The molecule has 0 saturated heterocycles. The van der Waals surface area contributed by atoms with Gasteiger partial charge in [0.15, 0.2) is 12.3 Å². The van der Waals surface area contributed by atoms with Gasteiger partial charge in [-0.25, -0.2) is 9.48 Å². The Morgan fingerprint density at radius 2 is 2.12 bits per heavy atom. The molecule has 3 N–H and O–H groups in total. The van der Waals surface area contributed by atoms with E-state index in [4.69, 9.17) is 10.5 Å². The van der Waals surface area contributed by atoms with E-state index in [0.717, 1.165) is 34.4 Å². The molecular formula is C16H16N4O5S. The summed E-state index contributed by atoms with van der Waals surface area (Å²) in [5.41, 5.74) is 6.19. The molecule has 2 aromatic rings. The van der Waals surface area contributed by atoms with Crippen LogP contribution in [0, 0.1) is 0 Å². The van der Waals surface area contributed by atoms with Crippen LogP contribution in [0.1, 0.15) is 37.7 Å². The van der Waals surface area contributed by atoms with Crippen LogP contribution in [0.2, 0.25) is 0 Å². The lowest BCUT2D eigenvalue weighted by molar-refractivity contribution is -0.119. The predicted molar refractivity (Wildman–Crippen MR) is 93.3 cm³/mol. The lowest BCUT2D eigenvalue weighted by Gasteiger charge is -2.07. The van der Waals surface area contributed by atoms with Gasteiger partial charge in [-0.1, -0.05) is 0 Å². The molecule has 2 heterocycles. The number of esters is 1. The Morgan fingerprint density at radius 1 is 1.35 bits per heavy atom. The minimum Gasteiger partial charge on any atom is -0.451 e. The van der Waals surface area contributed by atoms with Crippen molar-refractivity contribution < 1.29 is 19.1 Å². The van der Waals surface area contributed by atoms with Gasteiger partial charge in [-0.2, -0.15) is 5.10 Å². The molecule has 1 aliphatic carbocycles. The normalized spacial score (nSPS) is 12.5. The van der Waals surface area contributed by atoms with Crippen molar-refractivity contribution >= 4 is 34.1 Å². The molecule has 3 rings (SSSR count). The number of carbonyl (C=O) groups is 3. The molecule has 0 radical (unpaired) electrons. The van der Waals surface area contributed by atoms with Crippen LogP contribution in [-0.4, -0.2) is 34.2 Å². The maximum absolute atomic E-state index is 12.1. The first kappa shape index (κ1) is 17.8. The van der Waals surface area contributed by atoms with Crippen molar-refractivity contribution in [1.29, 1.82) is 0 Å². The second-order valence-electron chi connectivity index (χ2n) is 5.73. The average molecular weight is 376 g/mol. The fourth-order valence-corrected chi connectivity index (χ4v) is 4.04. The number of nitrogens with one attached hydrogen (secondary N) is 1. The number of thiophene rings is 1. The van der Waals surface area contributed by atoms with Gasteiger partial charge in [0.2, 0.25) is 0 Å². The average Bonchev–Trinajstić information content (AvgIpc) is 3.15. The highest BCUT2D eigenvalue weighted by Gasteiger charge is 2.26. The van der Waals surface area contributed by atoms with Crippen LogP contribution < -0.4 is 16.6 Å². The van der Waals surface area contributed by atoms with Gasteiger partial charge < -0.3 is 15.8 Å². The second-order valence-corrected chi connectivity index (χ2v) is 6.84. The Bertz CT molecular complexity index is 962. The maximum atomic E-state index is 12.1.